The molecule has 0 atom stereocenters. The number of carbonyl (C=O) groups is 1. The molecular weight excluding hydrogens is 252 g/mol. The molecule has 1 aliphatic carbocycles. The summed E-state index contributed by atoms with van der Waals surface area (Å²) in [5.41, 5.74) is 3.22. The minimum atomic E-state index is -0.465. The van der Waals surface area contributed by atoms with Gasteiger partial charge in [0.2, 0.25) is 5.91 Å². The largest absolute Gasteiger partial charge is 0.497 e. The van der Waals surface area contributed by atoms with Crippen molar-refractivity contribution in [3.8, 4) is 5.75 Å². The number of ether oxygens (including phenoxy) is 1. The molecule has 0 unspecified atom stereocenters. The van der Waals surface area contributed by atoms with E-state index in [-0.39, 0.29) is 5.91 Å². The zero-order valence-electron chi connectivity index (χ0n) is 10.8. The van der Waals surface area contributed by atoms with Gasteiger partial charge in [-0.3, -0.25) is 10.2 Å². The van der Waals surface area contributed by atoms with Crippen molar-refractivity contribution in [2.75, 3.05) is 21.2 Å². The van der Waals surface area contributed by atoms with Crippen LogP contribution in [0.4, 0.5) is 0 Å². The number of carbonyl (C=O) groups excluding carboxylic acids is 1. The van der Waals surface area contributed by atoms with Crippen LogP contribution in [-0.4, -0.2) is 32.1 Å². The molecule has 1 aromatic rings. The Kier molecular flexibility index (Phi) is 3.50. The summed E-state index contributed by atoms with van der Waals surface area (Å²) in [6.45, 7) is 0. The lowest BCUT2D eigenvalue weighted by atomic mass is 9.95. The molecule has 0 aromatic heterocycles. The minimum Gasteiger partial charge on any atom is -0.497 e. The van der Waals surface area contributed by atoms with Crippen molar-refractivity contribution < 1.29 is 9.53 Å². The third kappa shape index (κ3) is 2.31. The Morgan fingerprint density at radius 2 is 2.11 bits per heavy atom. The molecule has 0 radical (unpaired) electrons. The summed E-state index contributed by atoms with van der Waals surface area (Å²) in [5.74, 6) is 0.701. The number of halogens is 1. The first kappa shape index (κ1) is 13.2. The van der Waals surface area contributed by atoms with Gasteiger partial charge in [-0.05, 0) is 30.5 Å². The molecule has 0 bridgehead atoms. The number of nitrogens with one attached hydrogen (secondary N) is 1. The average molecular weight is 269 g/mol. The van der Waals surface area contributed by atoms with Crippen molar-refractivity contribution in [1.29, 1.82) is 0 Å². The maximum atomic E-state index is 12.2. The third-order valence-corrected chi connectivity index (χ3v) is 3.51. The number of nitrogens with zero attached hydrogens (tertiary/aromatic N) is 1. The fourth-order valence-corrected chi connectivity index (χ4v) is 2.42. The van der Waals surface area contributed by atoms with Gasteiger partial charge in [0.25, 0.3) is 0 Å². The number of benzene rings is 1. The van der Waals surface area contributed by atoms with Gasteiger partial charge in [0.15, 0.2) is 0 Å². The second-order valence-corrected chi connectivity index (χ2v) is 5.17. The molecule has 0 heterocycles. The molecule has 98 valence electrons. The Labute approximate surface area is 112 Å². The molecule has 1 aliphatic rings. The quantitative estimate of drug-likeness (QED) is 0.849. The van der Waals surface area contributed by atoms with Gasteiger partial charge in [-0.15, -0.1) is 0 Å². The lowest BCUT2D eigenvalue weighted by Crippen LogP contribution is -2.42. The van der Waals surface area contributed by atoms with Crippen LogP contribution in [0, 0.1) is 0 Å². The maximum absolute atomic E-state index is 12.2. The number of hydrogen-bond donors (Lipinski definition) is 1. The Balaban J connectivity index is 2.28. The second-order valence-electron chi connectivity index (χ2n) is 4.76. The summed E-state index contributed by atoms with van der Waals surface area (Å²) in [4.78, 5) is 12.2. The molecule has 0 aliphatic heterocycles. The maximum Gasteiger partial charge on any atom is 0.244 e. The Hall–Kier alpha value is -1.26. The number of hydrazine groups is 1. The van der Waals surface area contributed by atoms with Crippen molar-refractivity contribution in [3.63, 3.8) is 0 Å². The number of hydrogen-bond acceptors (Lipinski definition) is 3. The van der Waals surface area contributed by atoms with E-state index in [2.05, 4.69) is 5.43 Å². The SMILES string of the molecule is COc1ccc(C2(C(=O)NN(C)C)CC2)c(Cl)c1. The molecule has 2 rings (SSSR count). The van der Waals surface area contributed by atoms with Crippen molar-refractivity contribution in [3.05, 3.63) is 28.8 Å². The molecule has 0 spiro atoms. The molecule has 1 amide bonds. The lowest BCUT2D eigenvalue weighted by Gasteiger charge is -2.20. The molecule has 1 N–H and O–H groups in total. The second kappa shape index (κ2) is 4.78. The monoisotopic (exact) mass is 268 g/mol. The Morgan fingerprint density at radius 3 is 2.56 bits per heavy atom. The van der Waals surface area contributed by atoms with Crippen LogP contribution in [0.15, 0.2) is 18.2 Å². The minimum absolute atomic E-state index is 0.000401. The first-order valence-corrected chi connectivity index (χ1v) is 6.20. The molecule has 5 heteroatoms. The highest BCUT2D eigenvalue weighted by Gasteiger charge is 2.52. The summed E-state index contributed by atoms with van der Waals surface area (Å²) in [6, 6.07) is 5.47. The predicted octanol–water partition coefficient (Wildman–Crippen LogP) is 1.97. The summed E-state index contributed by atoms with van der Waals surface area (Å²) < 4.78 is 5.11. The van der Waals surface area contributed by atoms with Gasteiger partial charge in [0.1, 0.15) is 5.75 Å². The van der Waals surface area contributed by atoms with E-state index in [0.717, 1.165) is 18.4 Å². The van der Waals surface area contributed by atoms with E-state index in [0.29, 0.717) is 10.8 Å². The van der Waals surface area contributed by atoms with Crippen molar-refractivity contribution in [1.82, 2.24) is 10.4 Å². The summed E-state index contributed by atoms with van der Waals surface area (Å²) in [5, 5.41) is 2.24. The number of methoxy groups -OCH3 is 1. The van der Waals surface area contributed by atoms with Gasteiger partial charge in [0, 0.05) is 19.1 Å². The summed E-state index contributed by atoms with van der Waals surface area (Å²) in [7, 11) is 5.18. The number of amides is 1. The predicted molar refractivity (Wildman–Crippen MR) is 70.7 cm³/mol. The van der Waals surface area contributed by atoms with Crippen molar-refractivity contribution >= 4 is 17.5 Å². The van der Waals surface area contributed by atoms with Crippen LogP contribution in [0.5, 0.6) is 5.75 Å². The fraction of sp³-hybridized carbons (Fsp3) is 0.462. The third-order valence-electron chi connectivity index (χ3n) is 3.20. The highest BCUT2D eigenvalue weighted by Crippen LogP contribution is 2.51. The topological polar surface area (TPSA) is 41.6 Å². The molecule has 1 fully saturated rings. The standard InChI is InChI=1S/C13H17ClN2O2/c1-16(2)15-12(17)13(6-7-13)10-5-4-9(18-3)8-11(10)14/h4-5,8H,6-7H2,1-3H3,(H,15,17). The molecule has 1 aromatic carbocycles. The summed E-state index contributed by atoms with van der Waals surface area (Å²) in [6.07, 6.45) is 1.66. The molecule has 4 nitrogen and oxygen atoms in total. The zero-order chi connectivity index (χ0) is 13.3. The summed E-state index contributed by atoms with van der Waals surface area (Å²) >= 11 is 6.24. The van der Waals surface area contributed by atoms with Gasteiger partial charge in [0.05, 0.1) is 12.5 Å². The van der Waals surface area contributed by atoms with E-state index < -0.39 is 5.41 Å². The lowest BCUT2D eigenvalue weighted by molar-refractivity contribution is -0.127. The molecule has 18 heavy (non-hydrogen) atoms. The van der Waals surface area contributed by atoms with Crippen LogP contribution in [0.3, 0.4) is 0 Å². The van der Waals surface area contributed by atoms with E-state index in [1.165, 1.54) is 0 Å². The first-order valence-electron chi connectivity index (χ1n) is 5.82. The van der Waals surface area contributed by atoms with Gasteiger partial charge in [-0.25, -0.2) is 5.01 Å². The zero-order valence-corrected chi connectivity index (χ0v) is 11.5. The van der Waals surface area contributed by atoms with Crippen LogP contribution < -0.4 is 10.2 Å². The van der Waals surface area contributed by atoms with E-state index in [1.807, 2.05) is 12.1 Å². The van der Waals surface area contributed by atoms with Crippen LogP contribution in [-0.2, 0) is 10.2 Å². The van der Waals surface area contributed by atoms with E-state index in [1.54, 1.807) is 32.3 Å². The average Bonchev–Trinajstić information content (AvgIpc) is 3.09. The van der Waals surface area contributed by atoms with Crippen LogP contribution in [0.1, 0.15) is 18.4 Å². The van der Waals surface area contributed by atoms with Gasteiger partial charge >= 0.3 is 0 Å². The van der Waals surface area contributed by atoms with E-state index >= 15 is 0 Å². The van der Waals surface area contributed by atoms with Crippen molar-refractivity contribution in [2.45, 2.75) is 18.3 Å². The highest BCUT2D eigenvalue weighted by atomic mass is 35.5. The first-order chi connectivity index (χ1) is 8.49. The van der Waals surface area contributed by atoms with E-state index in [4.69, 9.17) is 16.3 Å². The van der Waals surface area contributed by atoms with Crippen molar-refractivity contribution in [2.24, 2.45) is 0 Å². The van der Waals surface area contributed by atoms with Gasteiger partial charge in [-0.2, -0.15) is 0 Å². The fourth-order valence-electron chi connectivity index (χ4n) is 2.06. The Morgan fingerprint density at radius 1 is 1.44 bits per heavy atom. The van der Waals surface area contributed by atoms with Crippen LogP contribution in [0.25, 0.3) is 0 Å². The highest BCUT2D eigenvalue weighted by molar-refractivity contribution is 6.32. The smallest absolute Gasteiger partial charge is 0.244 e. The van der Waals surface area contributed by atoms with Gasteiger partial charge in [-0.1, -0.05) is 17.7 Å². The Bertz CT molecular complexity index is 470. The van der Waals surface area contributed by atoms with E-state index in [9.17, 15) is 4.79 Å². The molecule has 0 saturated heterocycles. The molecule has 1 saturated carbocycles. The van der Waals surface area contributed by atoms with Gasteiger partial charge < -0.3 is 4.74 Å². The van der Waals surface area contributed by atoms with Crippen LogP contribution in [0.2, 0.25) is 5.02 Å². The normalized spacial score (nSPS) is 16.5. The number of rotatable bonds is 4. The molecular formula is C13H17ClN2O2. The van der Waals surface area contributed by atoms with Crippen LogP contribution >= 0.6 is 11.6 Å².